The van der Waals surface area contributed by atoms with Gasteiger partial charge in [0.2, 0.25) is 0 Å². The molecule has 12 heavy (non-hydrogen) atoms. The van der Waals surface area contributed by atoms with Gasteiger partial charge in [-0.1, -0.05) is 20.8 Å². The zero-order chi connectivity index (χ0) is 8.77. The number of rotatable bonds is 1. The Bertz CT molecular complexity index is 179. The molecule has 3 atom stereocenters. The zero-order valence-corrected chi connectivity index (χ0v) is 9.80. The third-order valence-electron chi connectivity index (χ3n) is 3.80. The highest BCUT2D eigenvalue weighted by atomic mass is 32.2. The summed E-state index contributed by atoms with van der Waals surface area (Å²) in [6, 6.07) is 0. The lowest BCUT2D eigenvalue weighted by atomic mass is 9.70. The molecule has 2 rings (SSSR count). The summed E-state index contributed by atoms with van der Waals surface area (Å²) in [6.07, 6.45) is 0. The lowest BCUT2D eigenvalue weighted by molar-refractivity contribution is 0.181. The molecular weight excluding hydrogens is 184 g/mol. The smallest absolute Gasteiger partial charge is 0.0180 e. The summed E-state index contributed by atoms with van der Waals surface area (Å²) in [7, 11) is 0. The molecule has 2 aliphatic rings. The predicted octanol–water partition coefficient (Wildman–Crippen LogP) is 3.13. The first-order valence-corrected chi connectivity index (χ1v) is 7.04. The van der Waals surface area contributed by atoms with Crippen LogP contribution in [0.4, 0.5) is 0 Å². The van der Waals surface area contributed by atoms with E-state index >= 15 is 0 Å². The van der Waals surface area contributed by atoms with Gasteiger partial charge in [0.1, 0.15) is 0 Å². The predicted molar refractivity (Wildman–Crippen MR) is 60.0 cm³/mol. The van der Waals surface area contributed by atoms with Crippen LogP contribution in [0.2, 0.25) is 0 Å². The molecule has 70 valence electrons. The second kappa shape index (κ2) is 3.13. The van der Waals surface area contributed by atoms with E-state index in [2.05, 4.69) is 44.3 Å². The molecule has 0 aromatic rings. The van der Waals surface area contributed by atoms with Crippen molar-refractivity contribution in [3.05, 3.63) is 0 Å². The molecule has 0 nitrogen and oxygen atoms in total. The minimum Gasteiger partial charge on any atom is -0.160 e. The quantitative estimate of drug-likeness (QED) is 0.641. The van der Waals surface area contributed by atoms with Crippen LogP contribution >= 0.6 is 23.5 Å². The molecule has 0 bridgehead atoms. The molecule has 2 aliphatic heterocycles. The van der Waals surface area contributed by atoms with Crippen molar-refractivity contribution in [2.75, 3.05) is 17.3 Å². The minimum absolute atomic E-state index is 0.638. The molecule has 2 heterocycles. The summed E-state index contributed by atoms with van der Waals surface area (Å²) in [5, 5.41) is 0.988. The van der Waals surface area contributed by atoms with E-state index in [9.17, 15) is 0 Å². The van der Waals surface area contributed by atoms with E-state index in [4.69, 9.17) is 0 Å². The molecular formula is C10H18S2. The molecule has 0 radical (unpaired) electrons. The minimum atomic E-state index is 0.638. The van der Waals surface area contributed by atoms with E-state index in [0.717, 1.165) is 17.1 Å². The van der Waals surface area contributed by atoms with Crippen LogP contribution in [-0.2, 0) is 0 Å². The average Bonchev–Trinajstić information content (AvgIpc) is 2.54. The van der Waals surface area contributed by atoms with Gasteiger partial charge in [-0.15, -0.1) is 0 Å². The highest BCUT2D eigenvalue weighted by Crippen LogP contribution is 2.55. The van der Waals surface area contributed by atoms with Gasteiger partial charge in [-0.25, -0.2) is 0 Å². The van der Waals surface area contributed by atoms with E-state index in [1.165, 1.54) is 17.3 Å². The van der Waals surface area contributed by atoms with Crippen molar-refractivity contribution in [2.24, 2.45) is 17.3 Å². The highest BCUT2D eigenvalue weighted by Gasteiger charge is 2.49. The van der Waals surface area contributed by atoms with Gasteiger partial charge in [0.25, 0.3) is 0 Å². The summed E-state index contributed by atoms with van der Waals surface area (Å²) in [5.74, 6) is 6.11. The zero-order valence-electron chi connectivity index (χ0n) is 8.17. The van der Waals surface area contributed by atoms with Crippen LogP contribution in [0.25, 0.3) is 0 Å². The summed E-state index contributed by atoms with van der Waals surface area (Å²) < 4.78 is 0. The Hall–Kier alpha value is 0.700. The summed E-state index contributed by atoms with van der Waals surface area (Å²) in [4.78, 5) is 0. The molecule has 0 saturated carbocycles. The molecule has 2 fully saturated rings. The lowest BCUT2D eigenvalue weighted by Gasteiger charge is -2.34. The van der Waals surface area contributed by atoms with Gasteiger partial charge in [0.05, 0.1) is 0 Å². The van der Waals surface area contributed by atoms with Gasteiger partial charge in [-0.05, 0) is 28.8 Å². The van der Waals surface area contributed by atoms with Crippen LogP contribution in [0.15, 0.2) is 0 Å². The van der Waals surface area contributed by atoms with Crippen molar-refractivity contribution in [3.8, 4) is 0 Å². The molecule has 2 heteroatoms. The van der Waals surface area contributed by atoms with Crippen LogP contribution in [-0.4, -0.2) is 22.5 Å². The standard InChI is InChI=1S/C10H18S2/c1-7(2)10(3)6-12-9-5-11-4-8(9)10/h7-9H,4-6H2,1-3H3. The normalized spacial score (nSPS) is 47.0. The van der Waals surface area contributed by atoms with Crippen molar-refractivity contribution in [3.63, 3.8) is 0 Å². The van der Waals surface area contributed by atoms with E-state index in [-0.39, 0.29) is 0 Å². The van der Waals surface area contributed by atoms with Gasteiger partial charge in [-0.2, -0.15) is 23.5 Å². The van der Waals surface area contributed by atoms with Crippen molar-refractivity contribution >= 4 is 23.5 Å². The second-order valence-electron chi connectivity index (χ2n) is 4.65. The first-order chi connectivity index (χ1) is 5.64. The fraction of sp³-hybridized carbons (Fsp3) is 1.00. The Labute approximate surface area is 84.3 Å². The largest absolute Gasteiger partial charge is 0.160 e. The first-order valence-electron chi connectivity index (χ1n) is 4.84. The molecule has 0 aliphatic carbocycles. The number of hydrogen-bond acceptors (Lipinski definition) is 2. The third kappa shape index (κ3) is 1.22. The summed E-state index contributed by atoms with van der Waals surface area (Å²) >= 11 is 4.39. The van der Waals surface area contributed by atoms with Crippen LogP contribution in [0.3, 0.4) is 0 Å². The molecule has 0 spiro atoms. The molecule has 3 unspecified atom stereocenters. The fourth-order valence-corrected chi connectivity index (χ4v) is 6.33. The van der Waals surface area contributed by atoms with Crippen LogP contribution in [0, 0.1) is 17.3 Å². The molecule has 0 aromatic carbocycles. The van der Waals surface area contributed by atoms with Crippen molar-refractivity contribution in [1.82, 2.24) is 0 Å². The van der Waals surface area contributed by atoms with E-state index in [1.807, 2.05) is 0 Å². The van der Waals surface area contributed by atoms with Crippen LogP contribution in [0.1, 0.15) is 20.8 Å². The maximum absolute atomic E-state index is 2.50. The Morgan fingerprint density at radius 1 is 1.33 bits per heavy atom. The van der Waals surface area contributed by atoms with Gasteiger partial charge in [0.15, 0.2) is 0 Å². The summed E-state index contributed by atoms with van der Waals surface area (Å²) in [5.41, 5.74) is 0.638. The Balaban J connectivity index is 2.17. The number of fused-ring (bicyclic) bond motifs is 1. The van der Waals surface area contributed by atoms with Crippen LogP contribution < -0.4 is 0 Å². The second-order valence-corrected chi connectivity index (χ2v) is 6.96. The fourth-order valence-electron chi connectivity index (χ4n) is 2.30. The van der Waals surface area contributed by atoms with Gasteiger partial charge in [-0.3, -0.25) is 0 Å². The molecule has 2 saturated heterocycles. The van der Waals surface area contributed by atoms with Gasteiger partial charge in [0, 0.05) is 11.0 Å². The number of thioether (sulfide) groups is 2. The Morgan fingerprint density at radius 2 is 2.08 bits per heavy atom. The van der Waals surface area contributed by atoms with Crippen molar-refractivity contribution in [1.29, 1.82) is 0 Å². The number of hydrogen-bond donors (Lipinski definition) is 0. The van der Waals surface area contributed by atoms with Crippen molar-refractivity contribution < 1.29 is 0 Å². The van der Waals surface area contributed by atoms with Crippen LogP contribution in [0.5, 0.6) is 0 Å². The van der Waals surface area contributed by atoms with Crippen molar-refractivity contribution in [2.45, 2.75) is 26.0 Å². The maximum Gasteiger partial charge on any atom is 0.0180 e. The molecule has 0 N–H and O–H groups in total. The highest BCUT2D eigenvalue weighted by molar-refractivity contribution is 8.04. The van der Waals surface area contributed by atoms with E-state index in [1.54, 1.807) is 0 Å². The van der Waals surface area contributed by atoms with Gasteiger partial charge >= 0.3 is 0 Å². The molecule has 0 amide bonds. The lowest BCUT2D eigenvalue weighted by Crippen LogP contribution is -2.33. The topological polar surface area (TPSA) is 0 Å². The average molecular weight is 202 g/mol. The monoisotopic (exact) mass is 202 g/mol. The first kappa shape index (κ1) is 9.26. The molecule has 0 aromatic heterocycles. The van der Waals surface area contributed by atoms with Gasteiger partial charge < -0.3 is 0 Å². The Kier molecular flexibility index (Phi) is 2.41. The van der Waals surface area contributed by atoms with E-state index < -0.39 is 0 Å². The summed E-state index contributed by atoms with van der Waals surface area (Å²) in [6.45, 7) is 7.29. The van der Waals surface area contributed by atoms with E-state index in [0.29, 0.717) is 5.41 Å². The Morgan fingerprint density at radius 3 is 2.75 bits per heavy atom. The third-order valence-corrected chi connectivity index (χ3v) is 6.92. The maximum atomic E-state index is 2.50. The SMILES string of the molecule is CC(C)C1(C)CSC2CSCC21.